The van der Waals surface area contributed by atoms with Crippen molar-refractivity contribution in [2.45, 2.75) is 25.8 Å². The molecule has 0 aliphatic heterocycles. The van der Waals surface area contributed by atoms with Gasteiger partial charge in [0.25, 0.3) is 0 Å². The van der Waals surface area contributed by atoms with Crippen molar-refractivity contribution in [3.05, 3.63) is 29.8 Å². The molecule has 0 saturated carbocycles. The van der Waals surface area contributed by atoms with Crippen LogP contribution in [0.1, 0.15) is 18.9 Å². The molecule has 1 rings (SSSR count). The van der Waals surface area contributed by atoms with E-state index in [0.29, 0.717) is 12.0 Å². The summed E-state index contributed by atoms with van der Waals surface area (Å²) in [5, 5.41) is 3.40. The van der Waals surface area contributed by atoms with E-state index in [0.717, 1.165) is 25.2 Å². The molecule has 1 N–H and O–H groups in total. The number of ether oxygens (including phenoxy) is 2. The fourth-order valence-corrected chi connectivity index (χ4v) is 2.20. The molecular formula is C15H25NO2. The average Bonchev–Trinajstić information content (AvgIpc) is 2.42. The van der Waals surface area contributed by atoms with E-state index in [9.17, 15) is 0 Å². The molecule has 102 valence electrons. The lowest BCUT2D eigenvalue weighted by Gasteiger charge is -2.24. The summed E-state index contributed by atoms with van der Waals surface area (Å²) in [5.41, 5.74) is 1.25. The Morgan fingerprint density at radius 3 is 2.56 bits per heavy atom. The molecule has 3 heteroatoms. The van der Waals surface area contributed by atoms with Gasteiger partial charge in [-0.2, -0.15) is 0 Å². The number of para-hydroxylation sites is 1. The fourth-order valence-electron chi connectivity index (χ4n) is 2.20. The van der Waals surface area contributed by atoms with Gasteiger partial charge in [0.05, 0.1) is 7.11 Å². The molecule has 0 radical (unpaired) electrons. The van der Waals surface area contributed by atoms with Gasteiger partial charge in [-0.3, -0.25) is 0 Å². The van der Waals surface area contributed by atoms with Crippen LogP contribution in [-0.4, -0.2) is 33.9 Å². The molecule has 1 aromatic rings. The van der Waals surface area contributed by atoms with Crippen LogP contribution in [0.5, 0.6) is 5.75 Å². The van der Waals surface area contributed by atoms with Gasteiger partial charge in [0, 0.05) is 19.8 Å². The number of benzene rings is 1. The highest BCUT2D eigenvalue weighted by atomic mass is 16.5. The molecule has 3 nitrogen and oxygen atoms in total. The Labute approximate surface area is 110 Å². The summed E-state index contributed by atoms with van der Waals surface area (Å²) in [6, 6.07) is 8.65. The van der Waals surface area contributed by atoms with E-state index in [-0.39, 0.29) is 0 Å². The topological polar surface area (TPSA) is 30.5 Å². The molecular weight excluding hydrogens is 226 g/mol. The van der Waals surface area contributed by atoms with Crippen LogP contribution in [0.4, 0.5) is 0 Å². The summed E-state index contributed by atoms with van der Waals surface area (Å²) in [7, 11) is 5.49. The van der Waals surface area contributed by atoms with Crippen LogP contribution in [0.15, 0.2) is 24.3 Å². The van der Waals surface area contributed by atoms with E-state index in [1.807, 2.05) is 19.2 Å². The minimum absolute atomic E-state index is 0.441. The highest BCUT2D eigenvalue weighted by Gasteiger charge is 2.17. The second-order valence-corrected chi connectivity index (χ2v) is 4.67. The second-order valence-electron chi connectivity index (χ2n) is 4.67. The third-order valence-corrected chi connectivity index (χ3v) is 3.47. The third-order valence-electron chi connectivity index (χ3n) is 3.47. The van der Waals surface area contributed by atoms with Crippen molar-refractivity contribution in [1.29, 1.82) is 0 Å². The number of rotatable bonds is 8. The van der Waals surface area contributed by atoms with Gasteiger partial charge in [-0.15, -0.1) is 0 Å². The van der Waals surface area contributed by atoms with Gasteiger partial charge in [0.2, 0.25) is 0 Å². The van der Waals surface area contributed by atoms with E-state index < -0.39 is 0 Å². The predicted molar refractivity (Wildman–Crippen MR) is 75.2 cm³/mol. The lowest BCUT2D eigenvalue weighted by atomic mass is 9.92. The highest BCUT2D eigenvalue weighted by Crippen LogP contribution is 2.21. The monoisotopic (exact) mass is 251 g/mol. The lowest BCUT2D eigenvalue weighted by Crippen LogP contribution is -2.34. The van der Waals surface area contributed by atoms with Gasteiger partial charge in [0.1, 0.15) is 5.75 Å². The van der Waals surface area contributed by atoms with Crippen molar-refractivity contribution in [3.63, 3.8) is 0 Å². The summed E-state index contributed by atoms with van der Waals surface area (Å²) in [5.74, 6) is 1.54. The van der Waals surface area contributed by atoms with Gasteiger partial charge in [-0.25, -0.2) is 0 Å². The Kier molecular flexibility index (Phi) is 6.76. The van der Waals surface area contributed by atoms with E-state index in [4.69, 9.17) is 9.47 Å². The predicted octanol–water partition coefficient (Wildman–Crippen LogP) is 2.50. The van der Waals surface area contributed by atoms with E-state index >= 15 is 0 Å². The summed E-state index contributed by atoms with van der Waals surface area (Å²) in [6.07, 6.45) is 2.04. The van der Waals surface area contributed by atoms with Crippen molar-refractivity contribution < 1.29 is 9.47 Å². The first kappa shape index (κ1) is 15.0. The first-order valence-electron chi connectivity index (χ1n) is 6.51. The minimum Gasteiger partial charge on any atom is -0.496 e. The smallest absolute Gasteiger partial charge is 0.122 e. The fraction of sp³-hybridized carbons (Fsp3) is 0.600. The van der Waals surface area contributed by atoms with Crippen molar-refractivity contribution in [2.24, 2.45) is 5.92 Å². The molecule has 0 aromatic heterocycles. The summed E-state index contributed by atoms with van der Waals surface area (Å²) in [6.45, 7) is 3.07. The van der Waals surface area contributed by atoms with Crippen LogP contribution in [0.3, 0.4) is 0 Å². The zero-order valence-corrected chi connectivity index (χ0v) is 11.9. The highest BCUT2D eigenvalue weighted by molar-refractivity contribution is 5.33. The van der Waals surface area contributed by atoms with Crippen molar-refractivity contribution in [1.82, 2.24) is 5.32 Å². The first-order valence-corrected chi connectivity index (χ1v) is 6.51. The maximum atomic E-state index is 5.40. The standard InChI is InChI=1S/C15H25NO2/c1-12(9-10-17-3)14(16-2)11-13-7-5-6-8-15(13)18-4/h5-8,12,14,16H,9-11H2,1-4H3. The van der Waals surface area contributed by atoms with Crippen LogP contribution in [-0.2, 0) is 11.2 Å². The molecule has 1 aromatic carbocycles. The third kappa shape index (κ3) is 4.31. The van der Waals surface area contributed by atoms with Gasteiger partial charge in [0.15, 0.2) is 0 Å². The SMILES string of the molecule is CNC(Cc1ccccc1OC)C(C)CCOC. The van der Waals surface area contributed by atoms with E-state index in [1.54, 1.807) is 14.2 Å². The molecule has 0 aliphatic carbocycles. The molecule has 0 aliphatic rings. The molecule has 2 atom stereocenters. The summed E-state index contributed by atoms with van der Waals surface area (Å²) in [4.78, 5) is 0. The van der Waals surface area contributed by atoms with Gasteiger partial charge >= 0.3 is 0 Å². The Hall–Kier alpha value is -1.06. The number of methoxy groups -OCH3 is 2. The molecule has 0 fully saturated rings. The summed E-state index contributed by atoms with van der Waals surface area (Å²) < 4.78 is 10.5. The molecule has 18 heavy (non-hydrogen) atoms. The largest absolute Gasteiger partial charge is 0.496 e. The van der Waals surface area contributed by atoms with Crippen LogP contribution in [0.25, 0.3) is 0 Å². The van der Waals surface area contributed by atoms with E-state index in [1.165, 1.54) is 5.56 Å². The molecule has 0 spiro atoms. The first-order chi connectivity index (χ1) is 8.72. The van der Waals surface area contributed by atoms with Crippen LogP contribution in [0.2, 0.25) is 0 Å². The molecule has 0 amide bonds. The van der Waals surface area contributed by atoms with Crippen LogP contribution in [0, 0.1) is 5.92 Å². The maximum Gasteiger partial charge on any atom is 0.122 e. The Morgan fingerprint density at radius 1 is 1.22 bits per heavy atom. The molecule has 2 unspecified atom stereocenters. The minimum atomic E-state index is 0.441. The van der Waals surface area contributed by atoms with Crippen LogP contribution < -0.4 is 10.1 Å². The van der Waals surface area contributed by atoms with Crippen molar-refractivity contribution in [2.75, 3.05) is 27.9 Å². The normalized spacial score (nSPS) is 14.2. The molecule has 0 heterocycles. The second kappa shape index (κ2) is 8.11. The Bertz CT molecular complexity index is 341. The maximum absolute atomic E-state index is 5.40. The van der Waals surface area contributed by atoms with Gasteiger partial charge in [-0.05, 0) is 37.4 Å². The zero-order chi connectivity index (χ0) is 13.4. The van der Waals surface area contributed by atoms with Gasteiger partial charge < -0.3 is 14.8 Å². The molecule has 0 saturated heterocycles. The number of hydrogen-bond donors (Lipinski definition) is 1. The quantitative estimate of drug-likeness (QED) is 0.770. The number of hydrogen-bond acceptors (Lipinski definition) is 3. The van der Waals surface area contributed by atoms with Gasteiger partial charge in [-0.1, -0.05) is 25.1 Å². The zero-order valence-electron chi connectivity index (χ0n) is 11.9. The Morgan fingerprint density at radius 2 is 1.94 bits per heavy atom. The average molecular weight is 251 g/mol. The van der Waals surface area contributed by atoms with E-state index in [2.05, 4.69) is 24.4 Å². The molecule has 0 bridgehead atoms. The Balaban J connectivity index is 2.66. The number of nitrogens with one attached hydrogen (secondary N) is 1. The van der Waals surface area contributed by atoms with Crippen LogP contribution >= 0.6 is 0 Å². The lowest BCUT2D eigenvalue weighted by molar-refractivity contribution is 0.171. The van der Waals surface area contributed by atoms with Crippen molar-refractivity contribution in [3.8, 4) is 5.75 Å². The van der Waals surface area contributed by atoms with Crippen molar-refractivity contribution >= 4 is 0 Å². The summed E-state index contributed by atoms with van der Waals surface area (Å²) >= 11 is 0. The number of likely N-dealkylation sites (N-methyl/N-ethyl adjacent to an activating group) is 1.